The first kappa shape index (κ1) is 11.3. The zero-order chi connectivity index (χ0) is 10.4. The predicted octanol–water partition coefficient (Wildman–Crippen LogP) is 2.64. The molecule has 0 spiro atoms. The Labute approximate surface area is 90.2 Å². The van der Waals surface area contributed by atoms with Crippen molar-refractivity contribution in [1.82, 2.24) is 5.32 Å². The minimum atomic E-state index is 0.650. The van der Waals surface area contributed by atoms with E-state index in [1.165, 1.54) is 0 Å². The van der Waals surface area contributed by atoms with Crippen LogP contribution in [0.15, 0.2) is 18.2 Å². The summed E-state index contributed by atoms with van der Waals surface area (Å²) < 4.78 is 5.53. The summed E-state index contributed by atoms with van der Waals surface area (Å²) in [7, 11) is 0. The van der Waals surface area contributed by atoms with Gasteiger partial charge in [-0.15, -0.1) is 0 Å². The number of benzene rings is 1. The minimum Gasteiger partial charge on any atom is -0.491 e. The van der Waals surface area contributed by atoms with Gasteiger partial charge in [0.15, 0.2) is 0 Å². The van der Waals surface area contributed by atoms with E-state index in [1.54, 1.807) is 0 Å². The van der Waals surface area contributed by atoms with E-state index in [2.05, 4.69) is 12.2 Å². The molecule has 14 heavy (non-hydrogen) atoms. The van der Waals surface area contributed by atoms with Gasteiger partial charge in [0.1, 0.15) is 12.4 Å². The number of nitrogens with one attached hydrogen (secondary N) is 1. The van der Waals surface area contributed by atoms with E-state index < -0.39 is 0 Å². The molecule has 1 rings (SSSR count). The minimum absolute atomic E-state index is 0.650. The van der Waals surface area contributed by atoms with Crippen LogP contribution in [0.1, 0.15) is 12.5 Å². The monoisotopic (exact) mass is 213 g/mol. The molecule has 78 valence electrons. The molecule has 0 aliphatic rings. The van der Waals surface area contributed by atoms with E-state index in [9.17, 15) is 0 Å². The van der Waals surface area contributed by atoms with Gasteiger partial charge in [0.2, 0.25) is 0 Å². The molecule has 0 fully saturated rings. The smallest absolute Gasteiger partial charge is 0.138 e. The maximum absolute atomic E-state index is 5.96. The van der Waals surface area contributed by atoms with Crippen molar-refractivity contribution < 1.29 is 4.74 Å². The number of rotatable bonds is 5. The third-order valence-corrected chi connectivity index (χ3v) is 2.19. The zero-order valence-electron chi connectivity index (χ0n) is 8.64. The maximum Gasteiger partial charge on any atom is 0.138 e. The average molecular weight is 214 g/mol. The molecule has 1 aromatic carbocycles. The number of ether oxygens (including phenoxy) is 1. The quantitative estimate of drug-likeness (QED) is 0.760. The maximum atomic E-state index is 5.96. The highest BCUT2D eigenvalue weighted by Crippen LogP contribution is 2.24. The van der Waals surface area contributed by atoms with Gasteiger partial charge < -0.3 is 10.1 Å². The highest BCUT2D eigenvalue weighted by atomic mass is 35.5. The van der Waals surface area contributed by atoms with Crippen molar-refractivity contribution in [3.8, 4) is 5.75 Å². The molecule has 3 heteroatoms. The second-order valence-corrected chi connectivity index (χ2v) is 3.54. The fourth-order valence-corrected chi connectivity index (χ4v) is 1.30. The van der Waals surface area contributed by atoms with E-state index in [-0.39, 0.29) is 0 Å². The van der Waals surface area contributed by atoms with Crippen LogP contribution in [0.5, 0.6) is 5.75 Å². The van der Waals surface area contributed by atoms with Crippen LogP contribution < -0.4 is 10.1 Å². The van der Waals surface area contributed by atoms with E-state index >= 15 is 0 Å². The van der Waals surface area contributed by atoms with Crippen LogP contribution in [-0.4, -0.2) is 19.7 Å². The summed E-state index contributed by atoms with van der Waals surface area (Å²) in [6.07, 6.45) is 0. The predicted molar refractivity (Wildman–Crippen MR) is 60.2 cm³/mol. The molecule has 1 aromatic rings. The molecule has 0 aliphatic carbocycles. The van der Waals surface area contributed by atoms with Gasteiger partial charge in [-0.05, 0) is 31.2 Å². The molecule has 0 bridgehead atoms. The number of likely N-dealkylation sites (N-methyl/N-ethyl adjacent to an activating group) is 1. The van der Waals surface area contributed by atoms with Crippen molar-refractivity contribution in [1.29, 1.82) is 0 Å². The summed E-state index contributed by atoms with van der Waals surface area (Å²) in [6, 6.07) is 5.78. The summed E-state index contributed by atoms with van der Waals surface area (Å²) in [4.78, 5) is 0. The third-order valence-electron chi connectivity index (χ3n) is 1.87. The van der Waals surface area contributed by atoms with Crippen LogP contribution >= 0.6 is 11.6 Å². The van der Waals surface area contributed by atoms with Crippen molar-refractivity contribution in [2.45, 2.75) is 13.8 Å². The number of halogens is 1. The molecular formula is C11H16ClNO. The number of hydrogen-bond acceptors (Lipinski definition) is 2. The average Bonchev–Trinajstić information content (AvgIpc) is 2.18. The first-order valence-corrected chi connectivity index (χ1v) is 5.21. The highest BCUT2D eigenvalue weighted by molar-refractivity contribution is 6.32. The van der Waals surface area contributed by atoms with Gasteiger partial charge in [-0.2, -0.15) is 0 Å². The van der Waals surface area contributed by atoms with Crippen LogP contribution in [0.2, 0.25) is 5.02 Å². The van der Waals surface area contributed by atoms with Crippen molar-refractivity contribution >= 4 is 11.6 Å². The van der Waals surface area contributed by atoms with Gasteiger partial charge in [-0.25, -0.2) is 0 Å². The first-order chi connectivity index (χ1) is 6.74. The van der Waals surface area contributed by atoms with Crippen molar-refractivity contribution in [2.75, 3.05) is 19.7 Å². The molecule has 0 unspecified atom stereocenters. The lowest BCUT2D eigenvalue weighted by atomic mass is 10.2. The molecule has 0 aliphatic heterocycles. The fraction of sp³-hybridized carbons (Fsp3) is 0.455. The fourth-order valence-electron chi connectivity index (χ4n) is 1.13. The molecular weight excluding hydrogens is 198 g/mol. The van der Waals surface area contributed by atoms with Gasteiger partial charge in [-0.1, -0.05) is 24.6 Å². The Morgan fingerprint density at radius 2 is 2.21 bits per heavy atom. The lowest BCUT2D eigenvalue weighted by Gasteiger charge is -2.08. The van der Waals surface area contributed by atoms with Crippen LogP contribution in [-0.2, 0) is 0 Å². The van der Waals surface area contributed by atoms with E-state index in [0.717, 1.165) is 24.4 Å². The van der Waals surface area contributed by atoms with Crippen molar-refractivity contribution in [3.63, 3.8) is 0 Å². The Morgan fingerprint density at radius 1 is 1.43 bits per heavy atom. The molecule has 0 saturated heterocycles. The second kappa shape index (κ2) is 5.89. The summed E-state index contributed by atoms with van der Waals surface area (Å²) >= 11 is 5.96. The summed E-state index contributed by atoms with van der Waals surface area (Å²) in [6.45, 7) is 6.55. The Bertz CT molecular complexity index is 289. The van der Waals surface area contributed by atoms with Gasteiger partial charge in [-0.3, -0.25) is 0 Å². The topological polar surface area (TPSA) is 21.3 Å². The highest BCUT2D eigenvalue weighted by Gasteiger charge is 2.00. The van der Waals surface area contributed by atoms with Crippen LogP contribution in [0, 0.1) is 6.92 Å². The Balaban J connectivity index is 2.45. The summed E-state index contributed by atoms with van der Waals surface area (Å²) in [5, 5.41) is 3.86. The molecule has 2 nitrogen and oxygen atoms in total. The zero-order valence-corrected chi connectivity index (χ0v) is 9.40. The standard InChI is InChI=1S/C11H16ClNO/c1-3-13-6-7-14-11-8-9(2)4-5-10(11)12/h4-5,8,13H,3,6-7H2,1-2H3. The lowest BCUT2D eigenvalue weighted by molar-refractivity contribution is 0.315. The Kier molecular flexibility index (Phi) is 4.77. The van der Waals surface area contributed by atoms with Crippen LogP contribution in [0.4, 0.5) is 0 Å². The second-order valence-electron chi connectivity index (χ2n) is 3.14. The molecule has 0 atom stereocenters. The SMILES string of the molecule is CCNCCOc1cc(C)ccc1Cl. The molecule has 1 N–H and O–H groups in total. The number of hydrogen-bond donors (Lipinski definition) is 1. The largest absolute Gasteiger partial charge is 0.491 e. The summed E-state index contributed by atoms with van der Waals surface area (Å²) in [5.41, 5.74) is 1.16. The van der Waals surface area contributed by atoms with Crippen molar-refractivity contribution in [3.05, 3.63) is 28.8 Å². The van der Waals surface area contributed by atoms with Gasteiger partial charge in [0, 0.05) is 6.54 Å². The lowest BCUT2D eigenvalue weighted by Crippen LogP contribution is -2.20. The van der Waals surface area contributed by atoms with Gasteiger partial charge >= 0.3 is 0 Å². The molecule has 0 radical (unpaired) electrons. The van der Waals surface area contributed by atoms with E-state index in [1.807, 2.05) is 25.1 Å². The van der Waals surface area contributed by atoms with Crippen molar-refractivity contribution in [2.24, 2.45) is 0 Å². The number of aryl methyl sites for hydroxylation is 1. The Hall–Kier alpha value is -0.730. The molecule has 0 saturated carbocycles. The normalized spacial score (nSPS) is 10.2. The van der Waals surface area contributed by atoms with E-state index in [0.29, 0.717) is 11.6 Å². The molecule has 0 amide bonds. The van der Waals surface area contributed by atoms with E-state index in [4.69, 9.17) is 16.3 Å². The molecule has 0 heterocycles. The van der Waals surface area contributed by atoms with Gasteiger partial charge in [0.25, 0.3) is 0 Å². The van der Waals surface area contributed by atoms with Gasteiger partial charge in [0.05, 0.1) is 5.02 Å². The third kappa shape index (κ3) is 3.56. The Morgan fingerprint density at radius 3 is 2.93 bits per heavy atom. The summed E-state index contributed by atoms with van der Waals surface area (Å²) in [5.74, 6) is 0.768. The first-order valence-electron chi connectivity index (χ1n) is 4.83. The van der Waals surface area contributed by atoms with Crippen LogP contribution in [0.3, 0.4) is 0 Å². The van der Waals surface area contributed by atoms with Crippen LogP contribution in [0.25, 0.3) is 0 Å². The molecule has 0 aromatic heterocycles.